The molecule has 4 nitrogen and oxygen atoms in total. The molecule has 1 aliphatic heterocycles. The van der Waals surface area contributed by atoms with E-state index in [1.54, 1.807) is 4.90 Å². The van der Waals surface area contributed by atoms with E-state index in [4.69, 9.17) is 4.74 Å². The summed E-state index contributed by atoms with van der Waals surface area (Å²) in [6, 6.07) is 17.3. The molecule has 1 unspecified atom stereocenters. The van der Waals surface area contributed by atoms with Crippen LogP contribution in [0.2, 0.25) is 0 Å². The van der Waals surface area contributed by atoms with Gasteiger partial charge in [-0.05, 0) is 17.7 Å². The zero-order valence-corrected chi connectivity index (χ0v) is 11.6. The van der Waals surface area contributed by atoms with Gasteiger partial charge >= 0.3 is 0 Å². The Morgan fingerprint density at radius 2 is 1.81 bits per heavy atom. The molecule has 108 valence electrons. The van der Waals surface area contributed by atoms with Crippen molar-refractivity contribution in [2.75, 3.05) is 11.4 Å². The van der Waals surface area contributed by atoms with Crippen molar-refractivity contribution >= 4 is 11.6 Å². The summed E-state index contributed by atoms with van der Waals surface area (Å²) < 4.78 is 5.84. The lowest BCUT2D eigenvalue weighted by atomic mass is 10.2. The van der Waals surface area contributed by atoms with Gasteiger partial charge in [-0.3, -0.25) is 4.79 Å². The number of β-amino-alcohol motifs (C(OH)–C–C–N with tert-alkyl or cyclic N) is 1. The Morgan fingerprint density at radius 3 is 2.52 bits per heavy atom. The van der Waals surface area contributed by atoms with Gasteiger partial charge in [-0.25, -0.2) is 0 Å². The molecule has 1 fully saturated rings. The van der Waals surface area contributed by atoms with Crippen LogP contribution in [0.1, 0.15) is 12.0 Å². The predicted molar refractivity (Wildman–Crippen MR) is 80.2 cm³/mol. The number of anilines is 1. The average molecular weight is 283 g/mol. The summed E-state index contributed by atoms with van der Waals surface area (Å²) in [5.74, 6) is 0.585. The number of ether oxygens (including phenoxy) is 1. The fourth-order valence-electron chi connectivity index (χ4n) is 2.46. The highest BCUT2D eigenvalue weighted by Gasteiger charge is 2.30. The number of aliphatic hydroxyl groups is 1. The Hall–Kier alpha value is -2.33. The number of carbonyl (C=O) groups is 1. The van der Waals surface area contributed by atoms with Gasteiger partial charge in [0.15, 0.2) is 0 Å². The molecule has 0 spiro atoms. The molecule has 0 radical (unpaired) electrons. The van der Waals surface area contributed by atoms with Gasteiger partial charge in [0.1, 0.15) is 12.4 Å². The molecule has 1 atom stereocenters. The first-order valence-corrected chi connectivity index (χ1v) is 6.98. The normalized spacial score (nSPS) is 18.0. The quantitative estimate of drug-likeness (QED) is 0.937. The number of carbonyl (C=O) groups excluding carboxylic acids is 1. The van der Waals surface area contributed by atoms with Crippen molar-refractivity contribution in [3.05, 3.63) is 60.2 Å². The van der Waals surface area contributed by atoms with Gasteiger partial charge in [0.2, 0.25) is 5.91 Å². The smallest absolute Gasteiger partial charge is 0.229 e. The molecular formula is C17H17NO3. The van der Waals surface area contributed by atoms with Gasteiger partial charge in [-0.15, -0.1) is 0 Å². The third-order valence-electron chi connectivity index (χ3n) is 3.50. The minimum atomic E-state index is -0.598. The van der Waals surface area contributed by atoms with Crippen LogP contribution < -0.4 is 9.64 Å². The molecule has 4 heteroatoms. The Balaban J connectivity index is 1.78. The number of aliphatic hydroxyl groups excluding tert-OH is 1. The summed E-state index contributed by atoms with van der Waals surface area (Å²) in [6.07, 6.45) is -0.424. The highest BCUT2D eigenvalue weighted by Crippen LogP contribution is 2.31. The van der Waals surface area contributed by atoms with Crippen LogP contribution in [-0.4, -0.2) is 23.7 Å². The highest BCUT2D eigenvalue weighted by atomic mass is 16.5. The second kappa shape index (κ2) is 5.97. The molecule has 0 aromatic heterocycles. The van der Waals surface area contributed by atoms with E-state index in [-0.39, 0.29) is 12.3 Å². The number of nitrogens with zero attached hydrogens (tertiary/aromatic N) is 1. The molecule has 1 heterocycles. The first kappa shape index (κ1) is 13.6. The summed E-state index contributed by atoms with van der Waals surface area (Å²) in [7, 11) is 0. The average Bonchev–Trinajstić information content (AvgIpc) is 2.85. The largest absolute Gasteiger partial charge is 0.487 e. The molecular weight excluding hydrogens is 266 g/mol. The van der Waals surface area contributed by atoms with Crippen LogP contribution in [0.3, 0.4) is 0 Å². The minimum Gasteiger partial charge on any atom is -0.487 e. The maximum atomic E-state index is 11.9. The summed E-state index contributed by atoms with van der Waals surface area (Å²) in [5.41, 5.74) is 1.79. The lowest BCUT2D eigenvalue weighted by molar-refractivity contribution is -0.117. The van der Waals surface area contributed by atoms with Gasteiger partial charge in [0.25, 0.3) is 0 Å². The highest BCUT2D eigenvalue weighted by molar-refractivity contribution is 5.97. The fourth-order valence-corrected chi connectivity index (χ4v) is 2.46. The predicted octanol–water partition coefficient (Wildman–Crippen LogP) is 2.36. The molecule has 1 aliphatic rings. The maximum absolute atomic E-state index is 11.9. The third kappa shape index (κ3) is 3.06. The zero-order chi connectivity index (χ0) is 14.7. The molecule has 1 amide bonds. The third-order valence-corrected chi connectivity index (χ3v) is 3.50. The van der Waals surface area contributed by atoms with Crippen LogP contribution in [-0.2, 0) is 11.4 Å². The molecule has 0 bridgehead atoms. The van der Waals surface area contributed by atoms with E-state index in [1.165, 1.54) is 0 Å². The van der Waals surface area contributed by atoms with Crippen molar-refractivity contribution in [3.63, 3.8) is 0 Å². The summed E-state index contributed by atoms with van der Waals surface area (Å²) >= 11 is 0. The van der Waals surface area contributed by atoms with Gasteiger partial charge in [0, 0.05) is 0 Å². The van der Waals surface area contributed by atoms with Gasteiger partial charge in [0.05, 0.1) is 24.8 Å². The summed E-state index contributed by atoms with van der Waals surface area (Å²) in [6.45, 7) is 0.771. The Kier molecular flexibility index (Phi) is 3.88. The first-order chi connectivity index (χ1) is 10.2. The number of rotatable bonds is 4. The molecule has 3 rings (SSSR count). The Bertz CT molecular complexity index is 627. The maximum Gasteiger partial charge on any atom is 0.229 e. The molecule has 1 N–H and O–H groups in total. The van der Waals surface area contributed by atoms with E-state index in [0.717, 1.165) is 11.3 Å². The standard InChI is InChI=1S/C17H17NO3/c19-14-10-17(20)18(11-14)15-8-4-5-9-16(15)21-12-13-6-2-1-3-7-13/h1-9,14,19H,10-12H2. The molecule has 21 heavy (non-hydrogen) atoms. The van der Waals surface area contributed by atoms with E-state index >= 15 is 0 Å². The van der Waals surface area contributed by atoms with Crippen molar-refractivity contribution in [2.24, 2.45) is 0 Å². The SMILES string of the molecule is O=C1CC(O)CN1c1ccccc1OCc1ccccc1. The molecule has 2 aromatic rings. The monoisotopic (exact) mass is 283 g/mol. The van der Waals surface area contributed by atoms with Crippen LogP contribution in [0.4, 0.5) is 5.69 Å². The Labute approximate surface area is 123 Å². The van der Waals surface area contributed by atoms with E-state index in [9.17, 15) is 9.90 Å². The van der Waals surface area contributed by atoms with E-state index in [1.807, 2.05) is 54.6 Å². The second-order valence-corrected chi connectivity index (χ2v) is 5.10. The lowest BCUT2D eigenvalue weighted by Crippen LogP contribution is -2.25. The first-order valence-electron chi connectivity index (χ1n) is 6.98. The number of hydrogen-bond donors (Lipinski definition) is 1. The van der Waals surface area contributed by atoms with Gasteiger partial charge in [-0.2, -0.15) is 0 Å². The van der Waals surface area contributed by atoms with E-state index in [0.29, 0.717) is 18.9 Å². The van der Waals surface area contributed by atoms with Crippen LogP contribution in [0.15, 0.2) is 54.6 Å². The molecule has 2 aromatic carbocycles. The number of para-hydroxylation sites is 2. The Morgan fingerprint density at radius 1 is 1.10 bits per heavy atom. The van der Waals surface area contributed by atoms with Crippen molar-refractivity contribution in [1.82, 2.24) is 0 Å². The van der Waals surface area contributed by atoms with Crippen molar-refractivity contribution < 1.29 is 14.6 Å². The van der Waals surface area contributed by atoms with Crippen molar-refractivity contribution in [3.8, 4) is 5.75 Å². The number of amides is 1. The number of hydrogen-bond acceptors (Lipinski definition) is 3. The van der Waals surface area contributed by atoms with Crippen LogP contribution in [0, 0.1) is 0 Å². The summed E-state index contributed by atoms with van der Waals surface area (Å²) in [4.78, 5) is 13.5. The van der Waals surface area contributed by atoms with E-state index < -0.39 is 6.10 Å². The van der Waals surface area contributed by atoms with Crippen molar-refractivity contribution in [1.29, 1.82) is 0 Å². The van der Waals surface area contributed by atoms with Crippen molar-refractivity contribution in [2.45, 2.75) is 19.1 Å². The summed E-state index contributed by atoms with van der Waals surface area (Å²) in [5, 5.41) is 9.63. The van der Waals surface area contributed by atoms with Gasteiger partial charge in [-0.1, -0.05) is 42.5 Å². The second-order valence-electron chi connectivity index (χ2n) is 5.10. The van der Waals surface area contributed by atoms with E-state index in [2.05, 4.69) is 0 Å². The molecule has 0 saturated carbocycles. The van der Waals surface area contributed by atoms with Crippen LogP contribution in [0.5, 0.6) is 5.75 Å². The number of benzene rings is 2. The van der Waals surface area contributed by atoms with Gasteiger partial charge < -0.3 is 14.7 Å². The van der Waals surface area contributed by atoms with Crippen LogP contribution >= 0.6 is 0 Å². The molecule has 1 saturated heterocycles. The topological polar surface area (TPSA) is 49.8 Å². The fraction of sp³-hybridized carbons (Fsp3) is 0.235. The zero-order valence-electron chi connectivity index (χ0n) is 11.6. The minimum absolute atomic E-state index is 0.0711. The van der Waals surface area contributed by atoms with Crippen LogP contribution in [0.25, 0.3) is 0 Å². The lowest BCUT2D eigenvalue weighted by Gasteiger charge is -2.19. The molecule has 0 aliphatic carbocycles.